The molecule has 0 atom stereocenters. The molecule has 10 heteroatoms. The van der Waals surface area contributed by atoms with Gasteiger partial charge in [-0.15, -0.1) is 0 Å². The van der Waals surface area contributed by atoms with Crippen LogP contribution in [0.3, 0.4) is 0 Å². The third-order valence-electron chi connectivity index (χ3n) is 2.93. The SMILES string of the molecule is CCCn1cnc(S(=O)(=O)Nc2cc(C(F)(F)F)ccc2O)c1. The van der Waals surface area contributed by atoms with Crippen LogP contribution in [-0.4, -0.2) is 23.1 Å². The number of hydrogen-bond acceptors (Lipinski definition) is 4. The number of phenols is 1. The van der Waals surface area contributed by atoms with Crippen LogP contribution in [0, 0.1) is 0 Å². The number of nitrogens with one attached hydrogen (secondary N) is 1. The molecule has 0 unspecified atom stereocenters. The number of aryl methyl sites for hydroxylation is 1. The molecule has 0 aliphatic rings. The molecule has 6 nitrogen and oxygen atoms in total. The van der Waals surface area contributed by atoms with Crippen molar-refractivity contribution in [2.24, 2.45) is 0 Å². The zero-order chi connectivity index (χ0) is 17.3. The number of alkyl halides is 3. The van der Waals surface area contributed by atoms with E-state index in [2.05, 4.69) is 4.98 Å². The van der Waals surface area contributed by atoms with Gasteiger partial charge in [0.25, 0.3) is 10.0 Å². The zero-order valence-corrected chi connectivity index (χ0v) is 12.8. The number of nitrogens with zero attached hydrogens (tertiary/aromatic N) is 2. The lowest BCUT2D eigenvalue weighted by Gasteiger charge is -2.11. The molecule has 2 N–H and O–H groups in total. The van der Waals surface area contributed by atoms with Gasteiger partial charge in [-0.1, -0.05) is 6.92 Å². The van der Waals surface area contributed by atoms with Crippen molar-refractivity contribution in [3.8, 4) is 5.75 Å². The van der Waals surface area contributed by atoms with E-state index in [1.807, 2.05) is 11.6 Å². The summed E-state index contributed by atoms with van der Waals surface area (Å²) in [5, 5.41) is 9.24. The molecule has 1 aromatic heterocycles. The molecule has 1 aromatic carbocycles. The van der Waals surface area contributed by atoms with Gasteiger partial charge in [0.1, 0.15) is 5.75 Å². The van der Waals surface area contributed by atoms with Crippen LogP contribution in [-0.2, 0) is 22.7 Å². The Morgan fingerprint density at radius 1 is 1.35 bits per heavy atom. The van der Waals surface area contributed by atoms with Gasteiger partial charge >= 0.3 is 6.18 Å². The number of aromatic nitrogens is 2. The Hall–Kier alpha value is -2.23. The van der Waals surface area contributed by atoms with Crippen LogP contribution in [0.2, 0.25) is 0 Å². The molecule has 0 bridgehead atoms. The minimum atomic E-state index is -4.66. The highest BCUT2D eigenvalue weighted by Crippen LogP contribution is 2.35. The molecule has 0 spiro atoms. The number of rotatable bonds is 5. The highest BCUT2D eigenvalue weighted by molar-refractivity contribution is 7.92. The van der Waals surface area contributed by atoms with E-state index in [0.717, 1.165) is 12.5 Å². The molecule has 126 valence electrons. The minimum absolute atomic E-state index is 0.345. The first-order valence-electron chi connectivity index (χ1n) is 6.58. The van der Waals surface area contributed by atoms with Gasteiger partial charge in [0, 0.05) is 12.7 Å². The number of imidazole rings is 1. The Morgan fingerprint density at radius 2 is 2.04 bits per heavy atom. The Labute approximate surface area is 130 Å². The van der Waals surface area contributed by atoms with Crippen molar-refractivity contribution in [1.29, 1.82) is 0 Å². The normalized spacial score (nSPS) is 12.3. The van der Waals surface area contributed by atoms with Crippen molar-refractivity contribution in [3.63, 3.8) is 0 Å². The van der Waals surface area contributed by atoms with Crippen molar-refractivity contribution in [2.75, 3.05) is 4.72 Å². The highest BCUT2D eigenvalue weighted by Gasteiger charge is 2.31. The molecule has 0 aliphatic heterocycles. The van der Waals surface area contributed by atoms with Crippen LogP contribution < -0.4 is 4.72 Å². The second kappa shape index (κ2) is 6.11. The van der Waals surface area contributed by atoms with Crippen LogP contribution >= 0.6 is 0 Å². The van der Waals surface area contributed by atoms with E-state index in [9.17, 15) is 26.7 Å². The van der Waals surface area contributed by atoms with Gasteiger partial charge in [-0.3, -0.25) is 4.72 Å². The number of anilines is 1. The van der Waals surface area contributed by atoms with E-state index >= 15 is 0 Å². The topological polar surface area (TPSA) is 84.2 Å². The number of halogens is 3. The predicted octanol–water partition coefficient (Wildman–Crippen LogP) is 2.82. The van der Waals surface area contributed by atoms with Gasteiger partial charge in [0.05, 0.1) is 17.6 Å². The van der Waals surface area contributed by atoms with Crippen LogP contribution in [0.5, 0.6) is 5.75 Å². The number of aromatic hydroxyl groups is 1. The molecular weight excluding hydrogens is 335 g/mol. The fourth-order valence-electron chi connectivity index (χ4n) is 1.85. The van der Waals surface area contributed by atoms with Gasteiger partial charge < -0.3 is 9.67 Å². The van der Waals surface area contributed by atoms with Gasteiger partial charge in [-0.25, -0.2) is 4.98 Å². The molecule has 0 radical (unpaired) electrons. The summed E-state index contributed by atoms with van der Waals surface area (Å²) in [5.74, 6) is -0.616. The van der Waals surface area contributed by atoms with E-state index in [1.54, 1.807) is 4.57 Å². The maximum absolute atomic E-state index is 12.7. The number of phenolic OH excluding ortho intramolecular Hbond substituents is 1. The molecule has 2 rings (SSSR count). The summed E-state index contributed by atoms with van der Waals surface area (Å²) < 4.78 is 65.8. The predicted molar refractivity (Wildman–Crippen MR) is 76.4 cm³/mol. The first-order chi connectivity index (χ1) is 10.6. The van der Waals surface area contributed by atoms with E-state index < -0.39 is 33.2 Å². The van der Waals surface area contributed by atoms with E-state index in [4.69, 9.17) is 0 Å². The van der Waals surface area contributed by atoms with Gasteiger partial charge in [0.15, 0.2) is 5.03 Å². The lowest BCUT2D eigenvalue weighted by atomic mass is 10.2. The Balaban J connectivity index is 2.33. The molecule has 0 fully saturated rings. The molecule has 0 saturated carbocycles. The molecule has 2 aromatic rings. The summed E-state index contributed by atoms with van der Waals surface area (Å²) >= 11 is 0. The maximum atomic E-state index is 12.7. The fourth-order valence-corrected chi connectivity index (χ4v) is 2.87. The van der Waals surface area contributed by atoms with Crippen LogP contribution in [0.25, 0.3) is 0 Å². The average Bonchev–Trinajstić information content (AvgIpc) is 2.90. The smallest absolute Gasteiger partial charge is 0.416 e. The summed E-state index contributed by atoms with van der Waals surface area (Å²) in [6.45, 7) is 2.45. The lowest BCUT2D eigenvalue weighted by molar-refractivity contribution is -0.137. The fraction of sp³-hybridized carbons (Fsp3) is 0.308. The van der Waals surface area contributed by atoms with Gasteiger partial charge in [-0.05, 0) is 24.6 Å². The third-order valence-corrected chi connectivity index (χ3v) is 4.19. The molecule has 0 amide bonds. The van der Waals surface area contributed by atoms with Crippen molar-refractivity contribution in [2.45, 2.75) is 31.1 Å². The first-order valence-corrected chi connectivity index (χ1v) is 8.06. The zero-order valence-electron chi connectivity index (χ0n) is 12.0. The standard InChI is InChI=1S/C13H14F3N3O3S/c1-2-5-19-7-12(17-8-19)23(21,22)18-10-6-9(13(14,15)16)3-4-11(10)20/h3-4,6-8,18,20H,2,5H2,1H3. The second-order valence-corrected chi connectivity index (χ2v) is 6.41. The molecule has 0 aliphatic carbocycles. The lowest BCUT2D eigenvalue weighted by Crippen LogP contribution is -2.14. The number of sulfonamides is 1. The summed E-state index contributed by atoms with van der Waals surface area (Å²) in [6.07, 6.45) is -1.32. The molecular formula is C13H14F3N3O3S. The maximum Gasteiger partial charge on any atom is 0.416 e. The number of benzene rings is 1. The van der Waals surface area contributed by atoms with Crippen molar-refractivity contribution in [3.05, 3.63) is 36.3 Å². The van der Waals surface area contributed by atoms with Crippen LogP contribution in [0.1, 0.15) is 18.9 Å². The summed E-state index contributed by atoms with van der Waals surface area (Å²) in [5.41, 5.74) is -1.64. The summed E-state index contributed by atoms with van der Waals surface area (Å²) in [6, 6.07) is 1.95. The van der Waals surface area contributed by atoms with E-state index in [0.29, 0.717) is 18.7 Å². The molecule has 23 heavy (non-hydrogen) atoms. The third kappa shape index (κ3) is 3.95. The largest absolute Gasteiger partial charge is 0.506 e. The minimum Gasteiger partial charge on any atom is -0.506 e. The summed E-state index contributed by atoms with van der Waals surface area (Å²) in [7, 11) is -4.20. The monoisotopic (exact) mass is 349 g/mol. The average molecular weight is 349 g/mol. The van der Waals surface area contributed by atoms with Gasteiger partial charge in [0.2, 0.25) is 0 Å². The van der Waals surface area contributed by atoms with Crippen molar-refractivity contribution < 1.29 is 26.7 Å². The number of hydrogen-bond donors (Lipinski definition) is 2. The van der Waals surface area contributed by atoms with Crippen molar-refractivity contribution in [1.82, 2.24) is 9.55 Å². The van der Waals surface area contributed by atoms with Crippen molar-refractivity contribution >= 4 is 15.7 Å². The van der Waals surface area contributed by atoms with Crippen LogP contribution in [0.15, 0.2) is 35.7 Å². The first kappa shape index (κ1) is 17.1. The van der Waals surface area contributed by atoms with Crippen LogP contribution in [0.4, 0.5) is 18.9 Å². The summed E-state index contributed by atoms with van der Waals surface area (Å²) in [4.78, 5) is 3.71. The van der Waals surface area contributed by atoms with Gasteiger partial charge in [-0.2, -0.15) is 21.6 Å². The Bertz CT molecular complexity index is 800. The quantitative estimate of drug-likeness (QED) is 0.813. The molecule has 1 heterocycles. The molecule has 0 saturated heterocycles. The van der Waals surface area contributed by atoms with E-state index in [1.165, 1.54) is 12.5 Å². The highest BCUT2D eigenvalue weighted by atomic mass is 32.2. The Morgan fingerprint density at radius 3 is 2.65 bits per heavy atom. The second-order valence-electron chi connectivity index (χ2n) is 4.78. The Kier molecular flexibility index (Phi) is 4.55. The van der Waals surface area contributed by atoms with E-state index in [-0.39, 0.29) is 5.03 Å².